The van der Waals surface area contributed by atoms with Gasteiger partial charge in [0.05, 0.1) is 5.69 Å². The van der Waals surface area contributed by atoms with Crippen LogP contribution in [0.5, 0.6) is 0 Å². The predicted octanol–water partition coefficient (Wildman–Crippen LogP) is 0.246. The molecule has 7 nitrogen and oxygen atoms in total. The Morgan fingerprint density at radius 1 is 1.47 bits per heavy atom. The number of nitrogens with one attached hydrogen (secondary N) is 3. The van der Waals surface area contributed by atoms with Crippen LogP contribution in [0.2, 0.25) is 0 Å². The minimum absolute atomic E-state index is 0.172. The minimum atomic E-state index is 0.172. The lowest BCUT2D eigenvalue weighted by molar-refractivity contribution is 0.232. The van der Waals surface area contributed by atoms with Crippen molar-refractivity contribution in [1.82, 2.24) is 16.1 Å². The SMILES string of the molecule is CN1NN=C(C(C#N)=NNc2ccccc2)N1. The maximum atomic E-state index is 8.96. The quantitative estimate of drug-likeness (QED) is 0.510. The summed E-state index contributed by atoms with van der Waals surface area (Å²) in [5, 5.41) is 18.3. The summed E-state index contributed by atoms with van der Waals surface area (Å²) in [4.78, 5) is 0. The molecule has 3 N–H and O–H groups in total. The van der Waals surface area contributed by atoms with Crippen molar-refractivity contribution in [3.8, 4) is 6.07 Å². The average Bonchev–Trinajstić information content (AvgIpc) is 2.78. The van der Waals surface area contributed by atoms with Crippen LogP contribution in [0, 0.1) is 11.3 Å². The third-order valence-electron chi connectivity index (χ3n) is 1.99. The van der Waals surface area contributed by atoms with Crippen molar-refractivity contribution < 1.29 is 0 Å². The first-order valence-electron chi connectivity index (χ1n) is 4.92. The Hall–Kier alpha value is -2.59. The van der Waals surface area contributed by atoms with Gasteiger partial charge in [0, 0.05) is 7.05 Å². The molecule has 17 heavy (non-hydrogen) atoms. The molecule has 1 heterocycles. The molecule has 1 aliphatic heterocycles. The van der Waals surface area contributed by atoms with Gasteiger partial charge in [0.1, 0.15) is 6.07 Å². The molecule has 0 bridgehead atoms. The smallest absolute Gasteiger partial charge is 0.206 e. The van der Waals surface area contributed by atoms with Crippen molar-refractivity contribution in [2.24, 2.45) is 10.2 Å². The lowest BCUT2D eigenvalue weighted by atomic mass is 10.3. The van der Waals surface area contributed by atoms with E-state index in [1.807, 2.05) is 36.4 Å². The van der Waals surface area contributed by atoms with E-state index in [1.54, 1.807) is 7.05 Å². The van der Waals surface area contributed by atoms with Gasteiger partial charge in [0.15, 0.2) is 0 Å². The van der Waals surface area contributed by atoms with Crippen LogP contribution in [-0.4, -0.2) is 23.7 Å². The second-order valence-electron chi connectivity index (χ2n) is 3.28. The Bertz CT molecular complexity index is 485. The maximum absolute atomic E-state index is 8.96. The Labute approximate surface area is 98.4 Å². The second kappa shape index (κ2) is 4.96. The van der Waals surface area contributed by atoms with Gasteiger partial charge >= 0.3 is 0 Å². The average molecular weight is 229 g/mol. The first kappa shape index (κ1) is 10.9. The van der Waals surface area contributed by atoms with Crippen LogP contribution >= 0.6 is 0 Å². The molecule has 0 aromatic heterocycles. The third-order valence-corrected chi connectivity index (χ3v) is 1.99. The summed E-state index contributed by atoms with van der Waals surface area (Å²) in [6.45, 7) is 0. The number of hydrazine groups is 2. The molecule has 7 heteroatoms. The van der Waals surface area contributed by atoms with E-state index in [0.29, 0.717) is 5.84 Å². The molecule has 0 saturated carbocycles. The molecule has 86 valence electrons. The molecular formula is C10H11N7. The van der Waals surface area contributed by atoms with Crippen LogP contribution in [-0.2, 0) is 0 Å². The summed E-state index contributed by atoms with van der Waals surface area (Å²) in [5.41, 5.74) is 9.22. The van der Waals surface area contributed by atoms with Crippen molar-refractivity contribution in [3.63, 3.8) is 0 Å². The first-order valence-corrected chi connectivity index (χ1v) is 4.92. The topological polar surface area (TPSA) is 87.8 Å². The number of nitriles is 1. The van der Waals surface area contributed by atoms with E-state index in [9.17, 15) is 0 Å². The zero-order chi connectivity index (χ0) is 12.1. The first-order chi connectivity index (χ1) is 8.29. The van der Waals surface area contributed by atoms with Gasteiger partial charge in [-0.1, -0.05) is 18.2 Å². The number of rotatable bonds is 3. The van der Waals surface area contributed by atoms with E-state index in [0.717, 1.165) is 5.69 Å². The molecule has 0 radical (unpaired) electrons. The molecule has 0 atom stereocenters. The van der Waals surface area contributed by atoms with Gasteiger partial charge in [-0.05, 0) is 12.1 Å². The van der Waals surface area contributed by atoms with Gasteiger partial charge in [-0.2, -0.15) is 10.4 Å². The fraction of sp³-hybridized carbons (Fsp3) is 0.100. The van der Waals surface area contributed by atoms with Gasteiger partial charge in [-0.25, -0.2) is 5.53 Å². The highest BCUT2D eigenvalue weighted by Gasteiger charge is 2.16. The fourth-order valence-electron chi connectivity index (χ4n) is 1.20. The molecule has 1 aliphatic rings. The lowest BCUT2D eigenvalue weighted by Crippen LogP contribution is -2.40. The number of nitrogens with zero attached hydrogens (tertiary/aromatic N) is 4. The molecule has 0 amide bonds. The van der Waals surface area contributed by atoms with Crippen LogP contribution in [0.15, 0.2) is 40.5 Å². The number of hydrazone groups is 2. The van der Waals surface area contributed by atoms with E-state index in [2.05, 4.69) is 26.6 Å². The number of hydrogen-bond acceptors (Lipinski definition) is 7. The highest BCUT2D eigenvalue weighted by atomic mass is 15.9. The van der Waals surface area contributed by atoms with E-state index in [4.69, 9.17) is 5.26 Å². The minimum Gasteiger partial charge on any atom is -0.280 e. The number of para-hydroxylation sites is 1. The van der Waals surface area contributed by atoms with Gasteiger partial charge in [-0.3, -0.25) is 10.9 Å². The zero-order valence-corrected chi connectivity index (χ0v) is 9.18. The Morgan fingerprint density at radius 2 is 2.24 bits per heavy atom. The van der Waals surface area contributed by atoms with Gasteiger partial charge < -0.3 is 0 Å². The van der Waals surface area contributed by atoms with Crippen molar-refractivity contribution in [3.05, 3.63) is 30.3 Å². The molecule has 0 unspecified atom stereocenters. The van der Waals surface area contributed by atoms with Crippen molar-refractivity contribution in [2.75, 3.05) is 12.5 Å². The van der Waals surface area contributed by atoms with Crippen LogP contribution in [0.25, 0.3) is 0 Å². The second-order valence-corrected chi connectivity index (χ2v) is 3.28. The summed E-state index contributed by atoms with van der Waals surface area (Å²) < 4.78 is 0. The summed E-state index contributed by atoms with van der Waals surface area (Å²) in [6, 6.07) is 11.3. The van der Waals surface area contributed by atoms with Crippen molar-refractivity contribution in [1.29, 1.82) is 5.26 Å². The molecule has 1 aromatic rings. The van der Waals surface area contributed by atoms with Crippen LogP contribution in [0.4, 0.5) is 5.69 Å². The van der Waals surface area contributed by atoms with Gasteiger partial charge in [-0.15, -0.1) is 10.2 Å². The number of amidine groups is 1. The van der Waals surface area contributed by atoms with E-state index in [1.165, 1.54) is 5.12 Å². The lowest BCUT2D eigenvalue weighted by Gasteiger charge is -2.07. The molecule has 2 rings (SSSR count). The van der Waals surface area contributed by atoms with Gasteiger partial charge in [0.25, 0.3) is 0 Å². The zero-order valence-electron chi connectivity index (χ0n) is 9.18. The van der Waals surface area contributed by atoms with Crippen molar-refractivity contribution >= 4 is 17.2 Å². The van der Waals surface area contributed by atoms with Crippen LogP contribution < -0.4 is 16.4 Å². The van der Waals surface area contributed by atoms with E-state index >= 15 is 0 Å². The number of anilines is 1. The Balaban J connectivity index is 2.07. The fourth-order valence-corrected chi connectivity index (χ4v) is 1.20. The van der Waals surface area contributed by atoms with Gasteiger partial charge in [0.2, 0.25) is 11.5 Å². The van der Waals surface area contributed by atoms with Crippen LogP contribution in [0.3, 0.4) is 0 Å². The number of benzene rings is 1. The molecule has 0 spiro atoms. The summed E-state index contributed by atoms with van der Waals surface area (Å²) in [6.07, 6.45) is 0. The maximum Gasteiger partial charge on any atom is 0.206 e. The predicted molar refractivity (Wildman–Crippen MR) is 64.6 cm³/mol. The molecule has 0 fully saturated rings. The summed E-state index contributed by atoms with van der Waals surface area (Å²) >= 11 is 0. The monoisotopic (exact) mass is 229 g/mol. The highest BCUT2D eigenvalue weighted by molar-refractivity contribution is 6.47. The largest absolute Gasteiger partial charge is 0.280 e. The van der Waals surface area contributed by atoms with E-state index < -0.39 is 0 Å². The van der Waals surface area contributed by atoms with Crippen molar-refractivity contribution in [2.45, 2.75) is 0 Å². The molecule has 0 saturated heterocycles. The highest BCUT2D eigenvalue weighted by Crippen LogP contribution is 2.04. The molecular weight excluding hydrogens is 218 g/mol. The summed E-state index contributed by atoms with van der Waals surface area (Å²) in [5.74, 6) is 0.374. The number of hydrogen-bond donors (Lipinski definition) is 3. The van der Waals surface area contributed by atoms with E-state index in [-0.39, 0.29) is 5.71 Å². The Kier molecular flexibility index (Phi) is 3.18. The summed E-state index contributed by atoms with van der Waals surface area (Å²) in [7, 11) is 1.73. The Morgan fingerprint density at radius 3 is 2.82 bits per heavy atom. The molecule has 1 aromatic carbocycles. The van der Waals surface area contributed by atoms with Crippen LogP contribution in [0.1, 0.15) is 0 Å². The normalized spacial score (nSPS) is 15.5. The molecule has 0 aliphatic carbocycles. The third kappa shape index (κ3) is 2.70. The standard InChI is InChI=1S/C10H11N7/c1-17-15-10(14-16-17)9(7-11)13-12-8-5-3-2-4-6-8/h2-6,12,16H,1H3,(H,14,15).